The highest BCUT2D eigenvalue weighted by Crippen LogP contribution is 2.59. The van der Waals surface area contributed by atoms with E-state index in [9.17, 15) is 4.79 Å². The predicted molar refractivity (Wildman–Crippen MR) is 96.8 cm³/mol. The van der Waals surface area contributed by atoms with Crippen molar-refractivity contribution in [3.05, 3.63) is 30.1 Å². The maximum absolute atomic E-state index is 13.3. The number of hydrogen-bond acceptors (Lipinski definition) is 3. The molecule has 2 aliphatic carbocycles. The molecule has 1 aromatic heterocycles. The number of ether oxygens (including phenoxy) is 1. The minimum atomic E-state index is 0.238. The van der Waals surface area contributed by atoms with Gasteiger partial charge in [0.1, 0.15) is 0 Å². The third kappa shape index (κ3) is 3.89. The van der Waals surface area contributed by atoms with Crippen LogP contribution in [0.3, 0.4) is 0 Å². The van der Waals surface area contributed by atoms with E-state index in [1.165, 1.54) is 37.7 Å². The molecule has 1 aliphatic heterocycles. The van der Waals surface area contributed by atoms with Crippen LogP contribution in [0.5, 0.6) is 0 Å². The largest absolute Gasteiger partial charge is 0.381 e. The zero-order valence-corrected chi connectivity index (χ0v) is 15.2. The number of rotatable bonds is 5. The average Bonchev–Trinajstić information content (AvgIpc) is 3.35. The molecule has 2 heterocycles. The number of carbonyl (C=O) groups is 1. The second-order valence-corrected chi connectivity index (χ2v) is 8.31. The molecule has 0 radical (unpaired) electrons. The average molecular weight is 342 g/mol. The van der Waals surface area contributed by atoms with Crippen molar-refractivity contribution in [1.82, 2.24) is 9.88 Å². The van der Waals surface area contributed by atoms with E-state index >= 15 is 0 Å². The van der Waals surface area contributed by atoms with Gasteiger partial charge in [-0.05, 0) is 61.1 Å². The first kappa shape index (κ1) is 17.0. The fourth-order valence-electron chi connectivity index (χ4n) is 4.87. The standard InChI is InChI=1S/C21H30N2O2/c24-20(19-14-21(19)8-12-25-13-9-21)23(15-17-4-2-1-3-5-17)16-18-6-10-22-11-7-18/h6-7,10-11,17,19H,1-5,8-9,12-16H2/t19-/m1/s1. The van der Waals surface area contributed by atoms with Gasteiger partial charge in [0.2, 0.25) is 5.91 Å². The van der Waals surface area contributed by atoms with Crippen molar-refractivity contribution in [2.75, 3.05) is 19.8 Å². The summed E-state index contributed by atoms with van der Waals surface area (Å²) in [5.74, 6) is 1.31. The summed E-state index contributed by atoms with van der Waals surface area (Å²) in [4.78, 5) is 19.6. The molecule has 2 saturated carbocycles. The van der Waals surface area contributed by atoms with E-state index in [0.29, 0.717) is 11.8 Å². The van der Waals surface area contributed by atoms with E-state index in [1.54, 1.807) is 0 Å². The molecule has 3 fully saturated rings. The van der Waals surface area contributed by atoms with Crippen LogP contribution in [0.15, 0.2) is 24.5 Å². The van der Waals surface area contributed by atoms with Crippen molar-refractivity contribution in [3.63, 3.8) is 0 Å². The minimum absolute atomic E-state index is 0.238. The summed E-state index contributed by atoms with van der Waals surface area (Å²) in [6, 6.07) is 4.08. The quantitative estimate of drug-likeness (QED) is 0.817. The Morgan fingerprint density at radius 1 is 1.16 bits per heavy atom. The molecule has 0 N–H and O–H groups in total. The third-order valence-corrected chi connectivity index (χ3v) is 6.61. The Morgan fingerprint density at radius 2 is 1.88 bits per heavy atom. The van der Waals surface area contributed by atoms with Crippen LogP contribution in [-0.2, 0) is 16.1 Å². The van der Waals surface area contributed by atoms with Crippen LogP contribution in [0.25, 0.3) is 0 Å². The van der Waals surface area contributed by atoms with Gasteiger partial charge in [-0.3, -0.25) is 9.78 Å². The molecule has 1 aromatic rings. The molecule has 0 unspecified atom stereocenters. The molecule has 4 nitrogen and oxygen atoms in total. The molecule has 4 rings (SSSR count). The van der Waals surface area contributed by atoms with Crippen LogP contribution in [0, 0.1) is 17.3 Å². The predicted octanol–water partition coefficient (Wildman–Crippen LogP) is 3.81. The zero-order valence-electron chi connectivity index (χ0n) is 15.2. The minimum Gasteiger partial charge on any atom is -0.381 e. The van der Waals surface area contributed by atoms with Crippen LogP contribution in [-0.4, -0.2) is 35.5 Å². The van der Waals surface area contributed by atoms with E-state index in [2.05, 4.69) is 9.88 Å². The van der Waals surface area contributed by atoms with Gasteiger partial charge in [0.05, 0.1) is 0 Å². The van der Waals surface area contributed by atoms with Gasteiger partial charge < -0.3 is 9.64 Å². The van der Waals surface area contributed by atoms with E-state index in [0.717, 1.165) is 45.6 Å². The van der Waals surface area contributed by atoms with Gasteiger partial charge in [-0.2, -0.15) is 0 Å². The van der Waals surface area contributed by atoms with Crippen molar-refractivity contribution in [1.29, 1.82) is 0 Å². The highest BCUT2D eigenvalue weighted by molar-refractivity contribution is 5.82. The maximum Gasteiger partial charge on any atom is 0.226 e. The smallest absolute Gasteiger partial charge is 0.226 e. The number of amides is 1. The monoisotopic (exact) mass is 342 g/mol. The first-order valence-corrected chi connectivity index (χ1v) is 10.0. The van der Waals surface area contributed by atoms with E-state index in [1.807, 2.05) is 24.5 Å². The number of nitrogens with zero attached hydrogens (tertiary/aromatic N) is 2. The molecule has 0 aromatic carbocycles. The Morgan fingerprint density at radius 3 is 2.60 bits per heavy atom. The number of aromatic nitrogens is 1. The molecular formula is C21H30N2O2. The van der Waals surface area contributed by atoms with Gasteiger partial charge in [0, 0.05) is 44.6 Å². The van der Waals surface area contributed by atoms with Crippen LogP contribution in [0.4, 0.5) is 0 Å². The normalized spacial score (nSPS) is 25.7. The van der Waals surface area contributed by atoms with Crippen LogP contribution in [0.2, 0.25) is 0 Å². The summed E-state index contributed by atoms with van der Waals surface area (Å²) in [5, 5.41) is 0. The second-order valence-electron chi connectivity index (χ2n) is 8.31. The number of hydrogen-bond donors (Lipinski definition) is 0. The topological polar surface area (TPSA) is 42.4 Å². The Kier molecular flexibility index (Phi) is 5.07. The van der Waals surface area contributed by atoms with Crippen molar-refractivity contribution in [3.8, 4) is 0 Å². The van der Waals surface area contributed by atoms with Gasteiger partial charge in [-0.1, -0.05) is 19.3 Å². The van der Waals surface area contributed by atoms with Gasteiger partial charge in [0.15, 0.2) is 0 Å². The zero-order chi connectivity index (χ0) is 17.1. The molecule has 1 atom stereocenters. The second kappa shape index (κ2) is 7.45. The first-order valence-electron chi connectivity index (χ1n) is 10.0. The first-order chi connectivity index (χ1) is 12.3. The molecule has 136 valence electrons. The SMILES string of the molecule is O=C([C@H]1CC12CCOCC2)N(Cc1ccncc1)CC1CCCCC1. The molecular weight excluding hydrogens is 312 g/mol. The molecule has 1 amide bonds. The lowest BCUT2D eigenvalue weighted by Crippen LogP contribution is -2.38. The van der Waals surface area contributed by atoms with Gasteiger partial charge in [0.25, 0.3) is 0 Å². The molecule has 4 heteroatoms. The van der Waals surface area contributed by atoms with E-state index in [4.69, 9.17) is 4.74 Å². The summed E-state index contributed by atoms with van der Waals surface area (Å²) in [5.41, 5.74) is 1.46. The fourth-order valence-corrected chi connectivity index (χ4v) is 4.87. The number of carbonyl (C=O) groups excluding carboxylic acids is 1. The lowest BCUT2D eigenvalue weighted by molar-refractivity contribution is -0.135. The maximum atomic E-state index is 13.3. The third-order valence-electron chi connectivity index (χ3n) is 6.61. The molecule has 1 saturated heterocycles. The lowest BCUT2D eigenvalue weighted by atomic mass is 9.88. The summed E-state index contributed by atoms with van der Waals surface area (Å²) >= 11 is 0. The highest BCUT2D eigenvalue weighted by atomic mass is 16.5. The van der Waals surface area contributed by atoms with E-state index in [-0.39, 0.29) is 11.3 Å². The van der Waals surface area contributed by atoms with Gasteiger partial charge in [-0.25, -0.2) is 0 Å². The molecule has 25 heavy (non-hydrogen) atoms. The molecule has 1 spiro atoms. The highest BCUT2D eigenvalue weighted by Gasteiger charge is 2.58. The number of pyridine rings is 1. The Balaban J connectivity index is 1.45. The van der Waals surface area contributed by atoms with Crippen LogP contribution >= 0.6 is 0 Å². The summed E-state index contributed by atoms with van der Waals surface area (Å²) < 4.78 is 5.52. The van der Waals surface area contributed by atoms with Crippen molar-refractivity contribution in [2.45, 2.75) is 57.9 Å². The molecule has 0 bridgehead atoms. The summed E-state index contributed by atoms with van der Waals surface area (Å²) in [6.07, 6.45) is 13.4. The van der Waals surface area contributed by atoms with Crippen molar-refractivity contribution >= 4 is 5.91 Å². The van der Waals surface area contributed by atoms with E-state index < -0.39 is 0 Å². The lowest BCUT2D eigenvalue weighted by Gasteiger charge is -2.31. The van der Waals surface area contributed by atoms with Crippen molar-refractivity contribution in [2.24, 2.45) is 17.3 Å². The Bertz CT molecular complexity index is 577. The Labute approximate surface area is 151 Å². The Hall–Kier alpha value is -1.42. The summed E-state index contributed by atoms with van der Waals surface area (Å²) in [7, 11) is 0. The van der Waals surface area contributed by atoms with Crippen molar-refractivity contribution < 1.29 is 9.53 Å². The van der Waals surface area contributed by atoms with Crippen LogP contribution in [0.1, 0.15) is 56.9 Å². The molecule has 3 aliphatic rings. The fraction of sp³-hybridized carbons (Fsp3) is 0.714. The van der Waals surface area contributed by atoms with Gasteiger partial charge >= 0.3 is 0 Å². The van der Waals surface area contributed by atoms with Crippen LogP contribution < -0.4 is 0 Å². The van der Waals surface area contributed by atoms with Gasteiger partial charge in [-0.15, -0.1) is 0 Å². The summed E-state index contributed by atoms with van der Waals surface area (Å²) in [6.45, 7) is 3.33.